The highest BCUT2D eigenvalue weighted by molar-refractivity contribution is 5.95. The first-order valence-corrected chi connectivity index (χ1v) is 9.61. The van der Waals surface area contributed by atoms with Crippen molar-refractivity contribution in [3.05, 3.63) is 42.0 Å². The number of ether oxygens (including phenoxy) is 1. The van der Waals surface area contributed by atoms with Gasteiger partial charge in [0.2, 0.25) is 5.91 Å². The average Bonchev–Trinajstić information content (AvgIpc) is 2.68. The molecule has 4 heteroatoms. The van der Waals surface area contributed by atoms with E-state index in [1.54, 1.807) is 0 Å². The lowest BCUT2D eigenvalue weighted by molar-refractivity contribution is -0.127. The quantitative estimate of drug-likeness (QED) is 0.771. The zero-order chi connectivity index (χ0) is 17.5. The minimum atomic E-state index is 0.172. The lowest BCUT2D eigenvalue weighted by Gasteiger charge is -2.35. The van der Waals surface area contributed by atoms with E-state index in [0.717, 1.165) is 76.3 Å². The smallest absolute Gasteiger partial charge is 0.246 e. The number of rotatable bonds is 5. The number of amides is 1. The highest BCUT2D eigenvalue weighted by Crippen LogP contribution is 2.22. The number of benzene rings is 1. The van der Waals surface area contributed by atoms with Crippen molar-refractivity contribution < 1.29 is 9.53 Å². The Morgan fingerprint density at radius 3 is 2.44 bits per heavy atom. The molecule has 1 aromatic carbocycles. The predicted molar refractivity (Wildman–Crippen MR) is 101 cm³/mol. The molecule has 0 aromatic heterocycles. The molecule has 136 valence electrons. The van der Waals surface area contributed by atoms with Crippen LogP contribution in [0.3, 0.4) is 0 Å². The van der Waals surface area contributed by atoms with Crippen molar-refractivity contribution in [1.29, 1.82) is 0 Å². The van der Waals surface area contributed by atoms with E-state index >= 15 is 0 Å². The molecule has 2 heterocycles. The van der Waals surface area contributed by atoms with E-state index in [4.69, 9.17) is 4.74 Å². The summed E-state index contributed by atoms with van der Waals surface area (Å²) >= 11 is 0. The van der Waals surface area contributed by atoms with Crippen molar-refractivity contribution in [2.75, 3.05) is 45.9 Å². The van der Waals surface area contributed by atoms with E-state index in [0.29, 0.717) is 5.92 Å². The summed E-state index contributed by atoms with van der Waals surface area (Å²) in [5, 5.41) is 0. The Morgan fingerprint density at radius 1 is 1.12 bits per heavy atom. The van der Waals surface area contributed by atoms with E-state index in [1.165, 1.54) is 0 Å². The lowest BCUT2D eigenvalue weighted by atomic mass is 9.95. The van der Waals surface area contributed by atoms with E-state index in [-0.39, 0.29) is 5.91 Å². The van der Waals surface area contributed by atoms with Gasteiger partial charge in [0.15, 0.2) is 0 Å². The molecule has 0 bridgehead atoms. The number of morpholine rings is 1. The van der Waals surface area contributed by atoms with Crippen LogP contribution in [-0.4, -0.2) is 61.6 Å². The third-order valence-electron chi connectivity index (χ3n) is 5.37. The Balaban J connectivity index is 1.51. The molecular formula is C21H30N2O2. The molecule has 2 aliphatic heterocycles. The van der Waals surface area contributed by atoms with Gasteiger partial charge < -0.3 is 9.64 Å². The number of carbonyl (C=O) groups excluding carboxylic acids is 1. The minimum Gasteiger partial charge on any atom is -0.379 e. The van der Waals surface area contributed by atoms with Crippen LogP contribution in [0.4, 0.5) is 0 Å². The molecule has 4 nitrogen and oxygen atoms in total. The summed E-state index contributed by atoms with van der Waals surface area (Å²) in [6.07, 6.45) is 4.95. The Labute approximate surface area is 151 Å². The molecule has 25 heavy (non-hydrogen) atoms. The van der Waals surface area contributed by atoms with E-state index in [9.17, 15) is 4.79 Å². The van der Waals surface area contributed by atoms with Gasteiger partial charge in [-0.2, -0.15) is 0 Å². The van der Waals surface area contributed by atoms with E-state index in [1.807, 2.05) is 29.2 Å². The summed E-state index contributed by atoms with van der Waals surface area (Å²) in [7, 11) is 0. The summed E-state index contributed by atoms with van der Waals surface area (Å²) in [6.45, 7) is 8.87. The standard InChI is InChI=1S/C21H30N2O2/c1-2-19(20-6-4-3-5-7-20)16-21(24)23-10-8-18(9-11-23)17-22-12-14-25-15-13-22/h3-7,16,18H,2,8-15,17H2,1H3/b19-16+. The fourth-order valence-electron chi connectivity index (χ4n) is 3.77. The first kappa shape index (κ1) is 18.2. The molecule has 0 saturated carbocycles. The number of allylic oxidation sites excluding steroid dienone is 1. The van der Waals surface area contributed by atoms with Crippen molar-refractivity contribution in [2.24, 2.45) is 5.92 Å². The van der Waals surface area contributed by atoms with Crippen LogP contribution >= 0.6 is 0 Å². The number of likely N-dealkylation sites (tertiary alicyclic amines) is 1. The molecule has 1 amide bonds. The lowest BCUT2D eigenvalue weighted by Crippen LogP contribution is -2.44. The average molecular weight is 342 g/mol. The number of nitrogens with zero attached hydrogens (tertiary/aromatic N) is 2. The SMILES string of the molecule is CC/C(=C\C(=O)N1CCC(CN2CCOCC2)CC1)c1ccccc1. The summed E-state index contributed by atoms with van der Waals surface area (Å²) in [5.41, 5.74) is 2.28. The van der Waals surface area contributed by atoms with Gasteiger partial charge in [-0.25, -0.2) is 0 Å². The van der Waals surface area contributed by atoms with E-state index < -0.39 is 0 Å². The second-order valence-corrected chi connectivity index (χ2v) is 7.07. The topological polar surface area (TPSA) is 32.8 Å². The molecule has 2 saturated heterocycles. The van der Waals surface area contributed by atoms with Gasteiger partial charge >= 0.3 is 0 Å². The van der Waals surface area contributed by atoms with Crippen LogP contribution in [0, 0.1) is 5.92 Å². The molecular weight excluding hydrogens is 312 g/mol. The maximum absolute atomic E-state index is 12.7. The van der Waals surface area contributed by atoms with Crippen LogP contribution in [0.2, 0.25) is 0 Å². The number of hydrogen-bond acceptors (Lipinski definition) is 3. The van der Waals surface area contributed by atoms with E-state index in [2.05, 4.69) is 24.0 Å². The summed E-state index contributed by atoms with van der Waals surface area (Å²) in [4.78, 5) is 17.2. The van der Waals surface area contributed by atoms with Gasteiger partial charge in [0.25, 0.3) is 0 Å². The van der Waals surface area contributed by atoms with Crippen LogP contribution in [0.5, 0.6) is 0 Å². The van der Waals surface area contributed by atoms with Crippen molar-refractivity contribution in [2.45, 2.75) is 26.2 Å². The molecule has 3 rings (SSSR count). The van der Waals surface area contributed by atoms with Crippen LogP contribution in [0.15, 0.2) is 36.4 Å². The minimum absolute atomic E-state index is 0.172. The number of hydrogen-bond donors (Lipinski definition) is 0. The van der Waals surface area contributed by atoms with Gasteiger partial charge in [-0.3, -0.25) is 9.69 Å². The first-order valence-electron chi connectivity index (χ1n) is 9.61. The molecule has 0 atom stereocenters. The fourth-order valence-corrected chi connectivity index (χ4v) is 3.77. The zero-order valence-electron chi connectivity index (χ0n) is 15.3. The zero-order valence-corrected chi connectivity index (χ0v) is 15.3. The molecule has 0 radical (unpaired) electrons. The highest BCUT2D eigenvalue weighted by atomic mass is 16.5. The Kier molecular flexibility index (Phi) is 6.65. The number of piperidine rings is 1. The maximum Gasteiger partial charge on any atom is 0.246 e. The van der Waals surface area contributed by atoms with Gasteiger partial charge in [-0.05, 0) is 36.3 Å². The molecule has 0 aliphatic carbocycles. The largest absolute Gasteiger partial charge is 0.379 e. The maximum atomic E-state index is 12.7. The van der Waals surface area contributed by atoms with Crippen LogP contribution in [-0.2, 0) is 9.53 Å². The molecule has 2 aliphatic rings. The summed E-state index contributed by atoms with van der Waals surface area (Å²) in [5.74, 6) is 0.886. The van der Waals surface area contributed by atoms with Crippen molar-refractivity contribution in [1.82, 2.24) is 9.80 Å². The second kappa shape index (κ2) is 9.16. The normalized spacial score (nSPS) is 20.7. The van der Waals surface area contributed by atoms with Crippen molar-refractivity contribution >= 4 is 11.5 Å². The molecule has 0 N–H and O–H groups in total. The van der Waals surface area contributed by atoms with Crippen LogP contribution < -0.4 is 0 Å². The molecule has 2 fully saturated rings. The monoisotopic (exact) mass is 342 g/mol. The van der Waals surface area contributed by atoms with Gasteiger partial charge in [0.1, 0.15) is 0 Å². The fraction of sp³-hybridized carbons (Fsp3) is 0.571. The first-order chi connectivity index (χ1) is 12.3. The molecule has 0 unspecified atom stereocenters. The Morgan fingerprint density at radius 2 is 1.80 bits per heavy atom. The van der Waals surface area contributed by atoms with Gasteiger partial charge in [-0.15, -0.1) is 0 Å². The van der Waals surface area contributed by atoms with Gasteiger partial charge in [0.05, 0.1) is 13.2 Å². The van der Waals surface area contributed by atoms with Crippen molar-refractivity contribution in [3.63, 3.8) is 0 Å². The third-order valence-corrected chi connectivity index (χ3v) is 5.37. The highest BCUT2D eigenvalue weighted by Gasteiger charge is 2.24. The second-order valence-electron chi connectivity index (χ2n) is 7.07. The summed E-state index contributed by atoms with van der Waals surface area (Å²) < 4.78 is 5.42. The Bertz CT molecular complexity index is 571. The van der Waals surface area contributed by atoms with Gasteiger partial charge in [-0.1, -0.05) is 37.3 Å². The molecule has 0 spiro atoms. The predicted octanol–water partition coefficient (Wildman–Crippen LogP) is 3.05. The third kappa shape index (κ3) is 5.16. The molecule has 1 aromatic rings. The number of carbonyl (C=O) groups is 1. The van der Waals surface area contributed by atoms with Crippen LogP contribution in [0.1, 0.15) is 31.7 Å². The summed E-state index contributed by atoms with van der Waals surface area (Å²) in [6, 6.07) is 10.2. The Hall–Kier alpha value is -1.65. The van der Waals surface area contributed by atoms with Gasteiger partial charge in [0, 0.05) is 38.8 Å². The van der Waals surface area contributed by atoms with Crippen molar-refractivity contribution in [3.8, 4) is 0 Å². The van der Waals surface area contributed by atoms with Crippen LogP contribution in [0.25, 0.3) is 5.57 Å².